The molecule has 0 spiro atoms. The van der Waals surface area contributed by atoms with E-state index in [0.29, 0.717) is 10.8 Å². The minimum Gasteiger partial charge on any atom is -0.483 e. The second-order valence-corrected chi connectivity index (χ2v) is 3.78. The van der Waals surface area contributed by atoms with E-state index in [4.69, 9.17) is 21.4 Å². The first-order chi connectivity index (χ1) is 6.26. The third kappa shape index (κ3) is 1.79. The summed E-state index contributed by atoms with van der Waals surface area (Å²) in [5, 5.41) is 9.64. The number of aliphatic hydroxyl groups is 1. The molecular weight excluding hydrogens is 188 g/mol. The maximum Gasteiger partial charge on any atom is 0.138 e. The van der Waals surface area contributed by atoms with Crippen LogP contribution in [0.4, 0.5) is 0 Å². The summed E-state index contributed by atoms with van der Waals surface area (Å²) >= 11 is 5.91. The topological polar surface area (TPSA) is 29.5 Å². The predicted molar refractivity (Wildman–Crippen MR) is 51.1 cm³/mol. The molecule has 0 aliphatic heterocycles. The van der Waals surface area contributed by atoms with Gasteiger partial charge in [-0.3, -0.25) is 0 Å². The second-order valence-electron chi connectivity index (χ2n) is 3.37. The molecule has 0 bridgehead atoms. The van der Waals surface area contributed by atoms with E-state index >= 15 is 0 Å². The summed E-state index contributed by atoms with van der Waals surface area (Å²) in [6, 6.07) is 7.32. The van der Waals surface area contributed by atoms with Gasteiger partial charge in [-0.2, -0.15) is 0 Å². The van der Waals surface area contributed by atoms with Crippen LogP contribution in [0.15, 0.2) is 24.3 Å². The van der Waals surface area contributed by atoms with Gasteiger partial charge < -0.3 is 9.84 Å². The number of halogens is 1. The SMILES string of the molecule is OCC1(Oc2ccccc2Cl)CC1. The molecule has 0 heterocycles. The van der Waals surface area contributed by atoms with E-state index in [1.807, 2.05) is 18.2 Å². The molecule has 0 atom stereocenters. The van der Waals surface area contributed by atoms with Crippen LogP contribution in [0.3, 0.4) is 0 Å². The van der Waals surface area contributed by atoms with Gasteiger partial charge in [0.15, 0.2) is 0 Å². The highest BCUT2D eigenvalue weighted by atomic mass is 35.5. The van der Waals surface area contributed by atoms with Crippen LogP contribution in [0.1, 0.15) is 12.8 Å². The van der Waals surface area contributed by atoms with E-state index in [9.17, 15) is 0 Å². The van der Waals surface area contributed by atoms with E-state index in [0.717, 1.165) is 12.8 Å². The van der Waals surface area contributed by atoms with Gasteiger partial charge in [0.25, 0.3) is 0 Å². The summed E-state index contributed by atoms with van der Waals surface area (Å²) in [5.74, 6) is 0.663. The van der Waals surface area contributed by atoms with Gasteiger partial charge in [-0.1, -0.05) is 23.7 Å². The van der Waals surface area contributed by atoms with Crippen LogP contribution >= 0.6 is 11.6 Å². The zero-order valence-electron chi connectivity index (χ0n) is 7.16. The van der Waals surface area contributed by atoms with Crippen LogP contribution in [0.2, 0.25) is 5.02 Å². The Hall–Kier alpha value is -0.730. The molecule has 1 aromatic carbocycles. The summed E-state index contributed by atoms with van der Waals surface area (Å²) in [6.45, 7) is 0.0677. The average molecular weight is 199 g/mol. The van der Waals surface area contributed by atoms with E-state index in [2.05, 4.69) is 0 Å². The number of hydrogen-bond acceptors (Lipinski definition) is 2. The molecular formula is C10H11ClO2. The highest BCUT2D eigenvalue weighted by molar-refractivity contribution is 6.32. The molecule has 0 aromatic heterocycles. The predicted octanol–water partition coefficient (Wildman–Crippen LogP) is 2.24. The van der Waals surface area contributed by atoms with Crippen LogP contribution in [-0.2, 0) is 0 Å². The minimum absolute atomic E-state index is 0.0677. The quantitative estimate of drug-likeness (QED) is 0.807. The standard InChI is InChI=1S/C10H11ClO2/c11-8-3-1-2-4-9(8)13-10(7-12)5-6-10/h1-4,12H,5-7H2. The molecule has 2 rings (SSSR count). The number of para-hydroxylation sites is 1. The van der Waals surface area contributed by atoms with E-state index in [1.54, 1.807) is 6.07 Å². The first-order valence-electron chi connectivity index (χ1n) is 4.30. The number of ether oxygens (including phenoxy) is 1. The monoisotopic (exact) mass is 198 g/mol. The molecule has 1 aliphatic rings. The van der Waals surface area contributed by atoms with Crippen LogP contribution < -0.4 is 4.74 Å². The average Bonchev–Trinajstić information content (AvgIpc) is 2.90. The van der Waals surface area contributed by atoms with Crippen molar-refractivity contribution in [1.29, 1.82) is 0 Å². The molecule has 1 N–H and O–H groups in total. The van der Waals surface area contributed by atoms with Gasteiger partial charge in [-0.15, -0.1) is 0 Å². The van der Waals surface area contributed by atoms with Gasteiger partial charge in [0.05, 0.1) is 11.6 Å². The Morgan fingerprint density at radius 3 is 2.62 bits per heavy atom. The fourth-order valence-electron chi connectivity index (χ4n) is 1.19. The number of benzene rings is 1. The third-order valence-electron chi connectivity index (χ3n) is 2.26. The fraction of sp³-hybridized carbons (Fsp3) is 0.400. The van der Waals surface area contributed by atoms with Gasteiger partial charge in [0.1, 0.15) is 11.4 Å². The third-order valence-corrected chi connectivity index (χ3v) is 2.57. The Morgan fingerprint density at radius 1 is 1.38 bits per heavy atom. The zero-order chi connectivity index (χ0) is 9.31. The molecule has 1 aromatic rings. The first kappa shape index (κ1) is 8.85. The second kappa shape index (κ2) is 3.20. The molecule has 0 saturated heterocycles. The summed E-state index contributed by atoms with van der Waals surface area (Å²) in [4.78, 5) is 0. The van der Waals surface area contributed by atoms with Crippen molar-refractivity contribution in [1.82, 2.24) is 0 Å². The first-order valence-corrected chi connectivity index (χ1v) is 4.68. The molecule has 0 radical (unpaired) electrons. The lowest BCUT2D eigenvalue weighted by Crippen LogP contribution is -2.22. The minimum atomic E-state index is -0.342. The zero-order valence-corrected chi connectivity index (χ0v) is 7.92. The highest BCUT2D eigenvalue weighted by Crippen LogP contribution is 2.41. The molecule has 1 saturated carbocycles. The lowest BCUT2D eigenvalue weighted by molar-refractivity contribution is 0.0954. The summed E-state index contributed by atoms with van der Waals surface area (Å²) in [7, 11) is 0. The van der Waals surface area contributed by atoms with Gasteiger partial charge in [0, 0.05) is 0 Å². The maximum absolute atomic E-state index is 9.04. The molecule has 1 fully saturated rings. The van der Waals surface area contributed by atoms with Crippen molar-refractivity contribution < 1.29 is 9.84 Å². The largest absolute Gasteiger partial charge is 0.483 e. The molecule has 0 unspecified atom stereocenters. The van der Waals surface area contributed by atoms with Crippen LogP contribution in [-0.4, -0.2) is 17.3 Å². The summed E-state index contributed by atoms with van der Waals surface area (Å²) in [5.41, 5.74) is -0.342. The Labute approximate surface area is 82.1 Å². The highest BCUT2D eigenvalue weighted by Gasteiger charge is 2.45. The summed E-state index contributed by atoms with van der Waals surface area (Å²) < 4.78 is 5.61. The molecule has 3 heteroatoms. The Kier molecular flexibility index (Phi) is 2.18. The molecule has 13 heavy (non-hydrogen) atoms. The van der Waals surface area contributed by atoms with E-state index < -0.39 is 0 Å². The van der Waals surface area contributed by atoms with Crippen molar-refractivity contribution in [2.75, 3.05) is 6.61 Å². The van der Waals surface area contributed by atoms with Crippen molar-refractivity contribution in [3.8, 4) is 5.75 Å². The van der Waals surface area contributed by atoms with Crippen LogP contribution in [0.5, 0.6) is 5.75 Å². The summed E-state index contributed by atoms with van der Waals surface area (Å²) in [6.07, 6.45) is 1.82. The smallest absolute Gasteiger partial charge is 0.138 e. The molecule has 0 amide bonds. The van der Waals surface area contributed by atoms with Gasteiger partial charge in [-0.25, -0.2) is 0 Å². The van der Waals surface area contributed by atoms with Gasteiger partial charge in [0.2, 0.25) is 0 Å². The Bertz CT molecular complexity index is 308. The van der Waals surface area contributed by atoms with Crippen molar-refractivity contribution in [3.63, 3.8) is 0 Å². The van der Waals surface area contributed by atoms with Crippen molar-refractivity contribution in [3.05, 3.63) is 29.3 Å². The lowest BCUT2D eigenvalue weighted by atomic mass is 10.3. The fourth-order valence-corrected chi connectivity index (χ4v) is 1.37. The normalized spacial score (nSPS) is 18.3. The maximum atomic E-state index is 9.04. The number of rotatable bonds is 3. The lowest BCUT2D eigenvalue weighted by Gasteiger charge is -2.15. The van der Waals surface area contributed by atoms with Crippen LogP contribution in [0.25, 0.3) is 0 Å². The molecule has 2 nitrogen and oxygen atoms in total. The van der Waals surface area contributed by atoms with Gasteiger partial charge in [-0.05, 0) is 25.0 Å². The Balaban J connectivity index is 2.14. The van der Waals surface area contributed by atoms with Gasteiger partial charge >= 0.3 is 0 Å². The van der Waals surface area contributed by atoms with Crippen molar-refractivity contribution >= 4 is 11.6 Å². The van der Waals surface area contributed by atoms with E-state index in [-0.39, 0.29) is 12.2 Å². The Morgan fingerprint density at radius 2 is 2.08 bits per heavy atom. The van der Waals surface area contributed by atoms with Crippen LogP contribution in [0, 0.1) is 0 Å². The molecule has 1 aliphatic carbocycles. The molecule has 70 valence electrons. The van der Waals surface area contributed by atoms with Crippen molar-refractivity contribution in [2.24, 2.45) is 0 Å². The van der Waals surface area contributed by atoms with Crippen molar-refractivity contribution in [2.45, 2.75) is 18.4 Å². The van der Waals surface area contributed by atoms with E-state index in [1.165, 1.54) is 0 Å². The number of aliphatic hydroxyl groups excluding tert-OH is 1. The number of hydrogen-bond donors (Lipinski definition) is 1.